The number of esters is 1. The number of thioether (sulfide) groups is 1. The third-order valence-electron chi connectivity index (χ3n) is 1.38. The summed E-state index contributed by atoms with van der Waals surface area (Å²) in [5, 5.41) is 16.8. The van der Waals surface area contributed by atoms with Gasteiger partial charge in [0.2, 0.25) is 0 Å². The minimum Gasteiger partial charge on any atom is -0.462 e. The van der Waals surface area contributed by atoms with Gasteiger partial charge in [0.25, 0.3) is 0 Å². The fourth-order valence-electron chi connectivity index (χ4n) is 0.787. The summed E-state index contributed by atoms with van der Waals surface area (Å²) in [5.41, 5.74) is 0. The zero-order valence-electron chi connectivity index (χ0n) is 7.73. The van der Waals surface area contributed by atoms with Gasteiger partial charge >= 0.3 is 5.97 Å². The summed E-state index contributed by atoms with van der Waals surface area (Å²) in [5.74, 6) is 0.224. The first-order chi connectivity index (χ1) is 6.26. The van der Waals surface area contributed by atoms with Crippen molar-refractivity contribution in [2.24, 2.45) is 0 Å². The third kappa shape index (κ3) is 5.90. The van der Waals surface area contributed by atoms with E-state index in [4.69, 9.17) is 14.9 Å². The van der Waals surface area contributed by atoms with E-state index in [0.29, 0.717) is 12.2 Å². The highest BCUT2D eigenvalue weighted by atomic mass is 32.2. The van der Waals surface area contributed by atoms with Gasteiger partial charge in [-0.05, 0) is 6.42 Å². The van der Waals surface area contributed by atoms with Crippen LogP contribution < -0.4 is 0 Å². The second-order valence-corrected chi connectivity index (χ2v) is 3.69. The molecule has 0 radical (unpaired) electrons. The normalized spacial score (nSPS) is 12.5. The SMILES string of the molecule is CCC(SCCO)C(=O)OCCO. The van der Waals surface area contributed by atoms with Crippen molar-refractivity contribution in [2.45, 2.75) is 18.6 Å². The molecule has 0 aromatic carbocycles. The van der Waals surface area contributed by atoms with E-state index in [2.05, 4.69) is 0 Å². The van der Waals surface area contributed by atoms with Crippen LogP contribution in [0.15, 0.2) is 0 Å². The zero-order chi connectivity index (χ0) is 10.1. The fourth-order valence-corrected chi connectivity index (χ4v) is 1.62. The van der Waals surface area contributed by atoms with Crippen LogP contribution in [0.4, 0.5) is 0 Å². The average Bonchev–Trinajstić information content (AvgIpc) is 2.16. The minimum atomic E-state index is -0.310. The Morgan fingerprint density at radius 1 is 1.46 bits per heavy atom. The number of hydrogen-bond acceptors (Lipinski definition) is 5. The van der Waals surface area contributed by atoms with Gasteiger partial charge in [-0.25, -0.2) is 0 Å². The number of aliphatic hydroxyl groups excluding tert-OH is 2. The third-order valence-corrected chi connectivity index (χ3v) is 2.73. The molecule has 0 aromatic rings. The van der Waals surface area contributed by atoms with Crippen molar-refractivity contribution >= 4 is 17.7 Å². The molecule has 5 heteroatoms. The van der Waals surface area contributed by atoms with Gasteiger partial charge in [-0.3, -0.25) is 4.79 Å². The molecule has 0 heterocycles. The lowest BCUT2D eigenvalue weighted by Crippen LogP contribution is -2.21. The predicted molar refractivity (Wildman–Crippen MR) is 51.7 cm³/mol. The molecule has 78 valence electrons. The second kappa shape index (κ2) is 8.34. The van der Waals surface area contributed by atoms with Crippen LogP contribution in [-0.2, 0) is 9.53 Å². The Balaban J connectivity index is 3.71. The van der Waals surface area contributed by atoms with E-state index in [0.717, 1.165) is 0 Å². The molecule has 13 heavy (non-hydrogen) atoms. The summed E-state index contributed by atoms with van der Waals surface area (Å²) < 4.78 is 4.75. The number of ether oxygens (including phenoxy) is 1. The highest BCUT2D eigenvalue weighted by molar-refractivity contribution is 8.00. The lowest BCUT2D eigenvalue weighted by atomic mass is 10.3. The number of carbonyl (C=O) groups is 1. The van der Waals surface area contributed by atoms with Crippen molar-refractivity contribution < 1.29 is 19.7 Å². The van der Waals surface area contributed by atoms with Gasteiger partial charge in [-0.1, -0.05) is 6.92 Å². The Morgan fingerprint density at radius 2 is 2.15 bits per heavy atom. The summed E-state index contributed by atoms with van der Waals surface area (Å²) in [6.45, 7) is 1.85. The van der Waals surface area contributed by atoms with Crippen molar-refractivity contribution in [3.05, 3.63) is 0 Å². The topological polar surface area (TPSA) is 66.8 Å². The lowest BCUT2D eigenvalue weighted by Gasteiger charge is -2.12. The van der Waals surface area contributed by atoms with Crippen molar-refractivity contribution in [2.75, 3.05) is 25.6 Å². The number of aliphatic hydroxyl groups is 2. The molecule has 2 N–H and O–H groups in total. The minimum absolute atomic E-state index is 0.0506. The summed E-state index contributed by atoms with van der Waals surface area (Å²) in [7, 11) is 0. The van der Waals surface area contributed by atoms with Crippen molar-refractivity contribution in [1.82, 2.24) is 0 Å². The Kier molecular flexibility index (Phi) is 8.18. The second-order valence-electron chi connectivity index (χ2n) is 2.38. The first kappa shape index (κ1) is 12.7. The zero-order valence-corrected chi connectivity index (χ0v) is 8.55. The number of hydrogen-bond donors (Lipinski definition) is 2. The van der Waals surface area contributed by atoms with E-state index in [9.17, 15) is 4.79 Å². The summed E-state index contributed by atoms with van der Waals surface area (Å²) in [6, 6.07) is 0. The average molecular weight is 208 g/mol. The summed E-state index contributed by atoms with van der Waals surface area (Å²) in [4.78, 5) is 11.2. The molecule has 0 aliphatic carbocycles. The maximum Gasteiger partial charge on any atom is 0.319 e. The Bertz CT molecular complexity index is 140. The molecule has 0 bridgehead atoms. The molecule has 0 amide bonds. The molecule has 0 aliphatic heterocycles. The number of rotatable bonds is 7. The first-order valence-corrected chi connectivity index (χ1v) is 5.31. The van der Waals surface area contributed by atoms with Crippen LogP contribution in [0.3, 0.4) is 0 Å². The van der Waals surface area contributed by atoms with E-state index in [1.807, 2.05) is 6.92 Å². The molecule has 0 aromatic heterocycles. The van der Waals surface area contributed by atoms with E-state index in [1.165, 1.54) is 11.8 Å². The molecule has 4 nitrogen and oxygen atoms in total. The Hall–Kier alpha value is -0.260. The van der Waals surface area contributed by atoms with E-state index < -0.39 is 0 Å². The van der Waals surface area contributed by atoms with Crippen molar-refractivity contribution in [3.63, 3.8) is 0 Å². The van der Waals surface area contributed by atoms with Crippen LogP contribution >= 0.6 is 11.8 Å². The van der Waals surface area contributed by atoms with Crippen LogP contribution in [0.5, 0.6) is 0 Å². The molecule has 0 rings (SSSR count). The fraction of sp³-hybridized carbons (Fsp3) is 0.875. The smallest absolute Gasteiger partial charge is 0.319 e. The van der Waals surface area contributed by atoms with Gasteiger partial charge in [0.05, 0.1) is 13.2 Å². The number of carbonyl (C=O) groups excluding carboxylic acids is 1. The van der Waals surface area contributed by atoms with Gasteiger partial charge in [0, 0.05) is 5.75 Å². The first-order valence-electron chi connectivity index (χ1n) is 4.26. The van der Waals surface area contributed by atoms with Gasteiger partial charge < -0.3 is 14.9 Å². The molecular weight excluding hydrogens is 192 g/mol. The molecule has 0 saturated carbocycles. The predicted octanol–water partition coefficient (Wildman–Crippen LogP) is 0.0260. The Labute approximate surface area is 82.3 Å². The largest absolute Gasteiger partial charge is 0.462 e. The van der Waals surface area contributed by atoms with Gasteiger partial charge in [-0.15, -0.1) is 11.8 Å². The monoisotopic (exact) mass is 208 g/mol. The van der Waals surface area contributed by atoms with Crippen molar-refractivity contribution in [1.29, 1.82) is 0 Å². The summed E-state index contributed by atoms with van der Waals surface area (Å²) in [6.07, 6.45) is 0.676. The van der Waals surface area contributed by atoms with E-state index in [-0.39, 0.29) is 31.0 Å². The molecule has 1 atom stereocenters. The van der Waals surface area contributed by atoms with Crippen LogP contribution in [0.25, 0.3) is 0 Å². The van der Waals surface area contributed by atoms with Crippen LogP contribution in [0.1, 0.15) is 13.3 Å². The molecular formula is C8H16O4S. The molecule has 1 unspecified atom stereocenters. The Morgan fingerprint density at radius 3 is 2.62 bits per heavy atom. The highest BCUT2D eigenvalue weighted by Gasteiger charge is 2.17. The van der Waals surface area contributed by atoms with Crippen LogP contribution in [-0.4, -0.2) is 47.0 Å². The molecule has 0 fully saturated rings. The van der Waals surface area contributed by atoms with Gasteiger partial charge in [0.15, 0.2) is 0 Å². The molecule has 0 aliphatic rings. The van der Waals surface area contributed by atoms with Gasteiger partial charge in [0.1, 0.15) is 11.9 Å². The quantitative estimate of drug-likeness (QED) is 0.578. The highest BCUT2D eigenvalue weighted by Crippen LogP contribution is 2.15. The van der Waals surface area contributed by atoms with Gasteiger partial charge in [-0.2, -0.15) is 0 Å². The van der Waals surface area contributed by atoms with E-state index >= 15 is 0 Å². The molecule has 0 spiro atoms. The maximum atomic E-state index is 11.2. The van der Waals surface area contributed by atoms with Crippen molar-refractivity contribution in [3.8, 4) is 0 Å². The van der Waals surface area contributed by atoms with E-state index in [1.54, 1.807) is 0 Å². The lowest BCUT2D eigenvalue weighted by molar-refractivity contribution is -0.144. The molecule has 0 saturated heterocycles. The summed E-state index contributed by atoms with van der Waals surface area (Å²) >= 11 is 1.37. The maximum absolute atomic E-state index is 11.2. The van der Waals surface area contributed by atoms with Crippen LogP contribution in [0, 0.1) is 0 Å². The standard InChI is InChI=1S/C8H16O4S/c1-2-7(13-6-4-10)8(11)12-5-3-9/h7,9-10H,2-6H2,1H3. The van der Waals surface area contributed by atoms with Crippen LogP contribution in [0.2, 0.25) is 0 Å².